The largest absolute Gasteiger partial charge is 0.379 e. The molecule has 0 aromatic carbocycles. The van der Waals surface area contributed by atoms with Crippen LogP contribution in [0.5, 0.6) is 0 Å². The third kappa shape index (κ3) is 3.30. The number of carbonyl (C=O) groups is 1. The second kappa shape index (κ2) is 5.49. The minimum Gasteiger partial charge on any atom is -0.379 e. The van der Waals surface area contributed by atoms with Crippen LogP contribution in [0.25, 0.3) is 0 Å². The van der Waals surface area contributed by atoms with Gasteiger partial charge in [-0.05, 0) is 6.07 Å². The Bertz CT molecular complexity index is 209. The highest BCUT2D eigenvalue weighted by Gasteiger charge is 1.90. The quantitative estimate of drug-likeness (QED) is 0.458. The van der Waals surface area contributed by atoms with Crippen molar-refractivity contribution in [2.75, 3.05) is 13.2 Å². The van der Waals surface area contributed by atoms with Crippen LogP contribution in [0.15, 0.2) is 18.5 Å². The first-order valence-electron chi connectivity index (χ1n) is 3.92. The summed E-state index contributed by atoms with van der Waals surface area (Å²) in [5.41, 5.74) is 0. The predicted octanol–water partition coefficient (Wildman–Crippen LogP) is 0.489. The normalized spacial score (nSPS) is 10.0. The average Bonchev–Trinajstić information content (AvgIpc) is 2.57. The van der Waals surface area contributed by atoms with Crippen LogP contribution in [0.1, 0.15) is 6.42 Å². The van der Waals surface area contributed by atoms with Crippen molar-refractivity contribution in [3.63, 3.8) is 0 Å². The number of carbonyl (C=O) groups excluding carboxylic acids is 1. The molecular weight excluding hydrogens is 156 g/mol. The molecule has 1 rings (SSSR count). The highest BCUT2D eigenvalue weighted by molar-refractivity contribution is 5.49. The van der Waals surface area contributed by atoms with Gasteiger partial charge in [-0.25, -0.2) is 0 Å². The summed E-state index contributed by atoms with van der Waals surface area (Å²) in [6, 6.07) is 1.87. The van der Waals surface area contributed by atoms with Crippen LogP contribution >= 0.6 is 0 Å². The van der Waals surface area contributed by atoms with E-state index in [0.717, 1.165) is 12.8 Å². The number of rotatable bonds is 6. The van der Waals surface area contributed by atoms with E-state index in [2.05, 4.69) is 5.10 Å². The Labute approximate surface area is 71.1 Å². The van der Waals surface area contributed by atoms with Gasteiger partial charge in [0.1, 0.15) is 6.29 Å². The van der Waals surface area contributed by atoms with Gasteiger partial charge < -0.3 is 9.53 Å². The number of ether oxygens (including phenoxy) is 1. The molecule has 0 bridgehead atoms. The van der Waals surface area contributed by atoms with E-state index in [1.807, 2.05) is 12.3 Å². The molecule has 0 fully saturated rings. The maximum Gasteiger partial charge on any atom is 0.122 e. The van der Waals surface area contributed by atoms with E-state index in [0.29, 0.717) is 19.6 Å². The molecule has 1 aromatic heterocycles. The van der Waals surface area contributed by atoms with Crippen LogP contribution in [0, 0.1) is 0 Å². The van der Waals surface area contributed by atoms with Gasteiger partial charge in [0.05, 0.1) is 19.8 Å². The maximum atomic E-state index is 9.90. The van der Waals surface area contributed by atoms with E-state index < -0.39 is 0 Å². The van der Waals surface area contributed by atoms with Crippen molar-refractivity contribution in [3.05, 3.63) is 18.5 Å². The third-order valence-electron chi connectivity index (χ3n) is 1.40. The van der Waals surface area contributed by atoms with Gasteiger partial charge in [-0.2, -0.15) is 5.10 Å². The lowest BCUT2D eigenvalue weighted by Gasteiger charge is -2.01. The molecule has 66 valence electrons. The van der Waals surface area contributed by atoms with Crippen LogP contribution in [0.3, 0.4) is 0 Å². The Kier molecular flexibility index (Phi) is 4.08. The molecule has 0 spiro atoms. The van der Waals surface area contributed by atoms with Crippen LogP contribution < -0.4 is 0 Å². The van der Waals surface area contributed by atoms with Gasteiger partial charge >= 0.3 is 0 Å². The van der Waals surface area contributed by atoms with E-state index in [4.69, 9.17) is 4.74 Å². The molecule has 4 heteroatoms. The van der Waals surface area contributed by atoms with Gasteiger partial charge in [-0.3, -0.25) is 4.68 Å². The molecule has 4 nitrogen and oxygen atoms in total. The standard InChI is InChI=1S/C8H12N2O2/c11-6-2-7-12-8-5-10-4-1-3-9-10/h1,3-4,6H,2,5,7-8H2. The molecule has 0 N–H and O–H groups in total. The monoisotopic (exact) mass is 168 g/mol. The van der Waals surface area contributed by atoms with E-state index >= 15 is 0 Å². The number of hydrogen-bond donors (Lipinski definition) is 0. The Hall–Kier alpha value is -1.16. The van der Waals surface area contributed by atoms with Gasteiger partial charge in [0, 0.05) is 18.8 Å². The first kappa shape index (κ1) is 8.93. The lowest BCUT2D eigenvalue weighted by molar-refractivity contribution is -0.108. The van der Waals surface area contributed by atoms with E-state index in [-0.39, 0.29) is 0 Å². The number of nitrogens with zero attached hydrogens (tertiary/aromatic N) is 2. The summed E-state index contributed by atoms with van der Waals surface area (Å²) in [5.74, 6) is 0. The molecular formula is C8H12N2O2. The molecule has 1 heterocycles. The van der Waals surface area contributed by atoms with E-state index in [9.17, 15) is 4.79 Å². The summed E-state index contributed by atoms with van der Waals surface area (Å²) >= 11 is 0. The maximum absolute atomic E-state index is 9.90. The first-order valence-corrected chi connectivity index (χ1v) is 3.92. The third-order valence-corrected chi connectivity index (χ3v) is 1.40. The molecule has 0 saturated heterocycles. The van der Waals surface area contributed by atoms with Crippen LogP contribution in [0.2, 0.25) is 0 Å². The van der Waals surface area contributed by atoms with Crippen LogP contribution in [-0.2, 0) is 16.1 Å². The summed E-state index contributed by atoms with van der Waals surface area (Å²) in [4.78, 5) is 9.90. The molecule has 0 atom stereocenters. The fraction of sp³-hybridized carbons (Fsp3) is 0.500. The molecule has 0 aliphatic heterocycles. The summed E-state index contributed by atoms with van der Waals surface area (Å²) in [6.07, 6.45) is 4.93. The van der Waals surface area contributed by atoms with Crippen LogP contribution in [0.4, 0.5) is 0 Å². The zero-order chi connectivity index (χ0) is 8.65. The van der Waals surface area contributed by atoms with Crippen molar-refractivity contribution in [1.29, 1.82) is 0 Å². The van der Waals surface area contributed by atoms with Gasteiger partial charge in [0.25, 0.3) is 0 Å². The van der Waals surface area contributed by atoms with Crippen molar-refractivity contribution in [2.24, 2.45) is 0 Å². The fourth-order valence-electron chi connectivity index (χ4n) is 0.824. The average molecular weight is 168 g/mol. The van der Waals surface area contributed by atoms with Gasteiger partial charge in [0.15, 0.2) is 0 Å². The number of aldehydes is 1. The summed E-state index contributed by atoms with van der Waals surface area (Å²) in [7, 11) is 0. The predicted molar refractivity (Wildman–Crippen MR) is 43.7 cm³/mol. The second-order valence-electron chi connectivity index (χ2n) is 2.34. The molecule has 0 aliphatic rings. The van der Waals surface area contributed by atoms with Crippen molar-refractivity contribution >= 4 is 6.29 Å². The van der Waals surface area contributed by atoms with Crippen molar-refractivity contribution in [2.45, 2.75) is 13.0 Å². The Morgan fingerprint density at radius 3 is 3.08 bits per heavy atom. The molecule has 1 aromatic rings. The van der Waals surface area contributed by atoms with E-state index in [1.165, 1.54) is 0 Å². The highest BCUT2D eigenvalue weighted by atomic mass is 16.5. The Morgan fingerprint density at radius 1 is 1.50 bits per heavy atom. The molecule has 0 saturated carbocycles. The van der Waals surface area contributed by atoms with Crippen LogP contribution in [-0.4, -0.2) is 29.3 Å². The van der Waals surface area contributed by atoms with Crippen molar-refractivity contribution in [3.8, 4) is 0 Å². The van der Waals surface area contributed by atoms with Gasteiger partial charge in [-0.1, -0.05) is 0 Å². The lowest BCUT2D eigenvalue weighted by atomic mass is 10.5. The zero-order valence-corrected chi connectivity index (χ0v) is 6.85. The van der Waals surface area contributed by atoms with Crippen molar-refractivity contribution in [1.82, 2.24) is 9.78 Å². The molecule has 12 heavy (non-hydrogen) atoms. The van der Waals surface area contributed by atoms with E-state index in [1.54, 1.807) is 10.9 Å². The zero-order valence-electron chi connectivity index (χ0n) is 6.85. The molecule has 0 amide bonds. The Morgan fingerprint density at radius 2 is 2.42 bits per heavy atom. The lowest BCUT2D eigenvalue weighted by Crippen LogP contribution is -2.07. The van der Waals surface area contributed by atoms with Crippen molar-refractivity contribution < 1.29 is 9.53 Å². The Balaban J connectivity index is 2.00. The summed E-state index contributed by atoms with van der Waals surface area (Å²) in [5, 5.41) is 4.00. The smallest absolute Gasteiger partial charge is 0.122 e. The first-order chi connectivity index (χ1) is 5.93. The highest BCUT2D eigenvalue weighted by Crippen LogP contribution is 1.85. The SMILES string of the molecule is O=CCCOCCn1cccn1. The number of aromatic nitrogens is 2. The second-order valence-corrected chi connectivity index (χ2v) is 2.34. The minimum atomic E-state index is 0.471. The molecule has 0 radical (unpaired) electrons. The number of hydrogen-bond acceptors (Lipinski definition) is 3. The topological polar surface area (TPSA) is 44.1 Å². The van der Waals surface area contributed by atoms with Gasteiger partial charge in [-0.15, -0.1) is 0 Å². The molecule has 0 unspecified atom stereocenters. The summed E-state index contributed by atoms with van der Waals surface area (Å²) < 4.78 is 6.95. The van der Waals surface area contributed by atoms with Gasteiger partial charge in [0.2, 0.25) is 0 Å². The minimum absolute atomic E-state index is 0.471. The molecule has 0 aliphatic carbocycles. The fourth-order valence-corrected chi connectivity index (χ4v) is 0.824. The summed E-state index contributed by atoms with van der Waals surface area (Å²) in [6.45, 7) is 1.85.